The number of nitrogens with zero attached hydrogens (tertiary/aromatic N) is 1. The second-order valence-electron chi connectivity index (χ2n) is 3.23. The lowest BCUT2D eigenvalue weighted by Crippen LogP contribution is -2.06. The SMILES string of the molecule is CC(=O)Nc1c(-c2cccs2)n[nH]c1C. The van der Waals surface area contributed by atoms with Crippen LogP contribution < -0.4 is 5.32 Å². The number of H-pyrrole nitrogens is 1. The van der Waals surface area contributed by atoms with Crippen LogP contribution in [0.2, 0.25) is 0 Å². The molecule has 0 aromatic carbocycles. The van der Waals surface area contributed by atoms with E-state index >= 15 is 0 Å². The summed E-state index contributed by atoms with van der Waals surface area (Å²) in [4.78, 5) is 12.1. The predicted octanol–water partition coefficient (Wildman–Crippen LogP) is 2.41. The molecular weight excluding hydrogens is 210 g/mol. The quantitative estimate of drug-likeness (QED) is 0.818. The van der Waals surface area contributed by atoms with Gasteiger partial charge in [-0.2, -0.15) is 5.10 Å². The molecule has 0 aliphatic heterocycles. The molecule has 0 fully saturated rings. The average Bonchev–Trinajstić information content (AvgIpc) is 2.76. The minimum Gasteiger partial charge on any atom is -0.323 e. The van der Waals surface area contributed by atoms with Crippen LogP contribution in [-0.2, 0) is 4.79 Å². The Bertz CT molecular complexity index is 473. The summed E-state index contributed by atoms with van der Waals surface area (Å²) >= 11 is 1.60. The Morgan fingerprint density at radius 2 is 2.40 bits per heavy atom. The van der Waals surface area contributed by atoms with Gasteiger partial charge in [0.1, 0.15) is 5.69 Å². The first-order valence-electron chi connectivity index (χ1n) is 4.55. The third kappa shape index (κ3) is 1.92. The van der Waals surface area contributed by atoms with Crippen molar-refractivity contribution in [1.82, 2.24) is 10.2 Å². The Morgan fingerprint density at radius 1 is 1.60 bits per heavy atom. The summed E-state index contributed by atoms with van der Waals surface area (Å²) in [6.45, 7) is 3.38. The molecule has 0 atom stereocenters. The number of hydrogen-bond donors (Lipinski definition) is 2. The van der Waals surface area contributed by atoms with Crippen molar-refractivity contribution < 1.29 is 4.79 Å². The summed E-state index contributed by atoms with van der Waals surface area (Å²) in [7, 11) is 0. The lowest BCUT2D eigenvalue weighted by atomic mass is 10.2. The van der Waals surface area contributed by atoms with Crippen molar-refractivity contribution in [3.63, 3.8) is 0 Å². The number of thiophene rings is 1. The van der Waals surface area contributed by atoms with Crippen molar-refractivity contribution in [3.05, 3.63) is 23.2 Å². The van der Waals surface area contributed by atoms with Gasteiger partial charge < -0.3 is 5.32 Å². The number of anilines is 1. The molecule has 0 spiro atoms. The molecule has 78 valence electrons. The number of carbonyl (C=O) groups is 1. The third-order valence-electron chi connectivity index (χ3n) is 2.00. The van der Waals surface area contributed by atoms with Crippen LogP contribution in [0.15, 0.2) is 17.5 Å². The Morgan fingerprint density at radius 3 is 3.00 bits per heavy atom. The van der Waals surface area contributed by atoms with Crippen LogP contribution in [0, 0.1) is 6.92 Å². The molecule has 0 unspecified atom stereocenters. The Balaban J connectivity index is 2.44. The first kappa shape index (κ1) is 9.92. The van der Waals surface area contributed by atoms with E-state index < -0.39 is 0 Å². The van der Waals surface area contributed by atoms with Crippen LogP contribution in [0.4, 0.5) is 5.69 Å². The number of hydrogen-bond acceptors (Lipinski definition) is 3. The van der Waals surface area contributed by atoms with Crippen molar-refractivity contribution in [3.8, 4) is 10.6 Å². The molecule has 1 amide bonds. The minimum absolute atomic E-state index is 0.0858. The molecule has 0 bridgehead atoms. The zero-order chi connectivity index (χ0) is 10.8. The van der Waals surface area contributed by atoms with Crippen LogP contribution in [0.3, 0.4) is 0 Å². The second-order valence-corrected chi connectivity index (χ2v) is 4.18. The fourth-order valence-corrected chi connectivity index (χ4v) is 2.07. The Hall–Kier alpha value is -1.62. The molecule has 15 heavy (non-hydrogen) atoms. The van der Waals surface area contributed by atoms with E-state index in [2.05, 4.69) is 15.5 Å². The van der Waals surface area contributed by atoms with Crippen LogP contribution in [-0.4, -0.2) is 16.1 Å². The summed E-state index contributed by atoms with van der Waals surface area (Å²) in [5.74, 6) is -0.0858. The van der Waals surface area contributed by atoms with Crippen molar-refractivity contribution in [2.45, 2.75) is 13.8 Å². The maximum Gasteiger partial charge on any atom is 0.221 e. The van der Waals surface area contributed by atoms with Crippen LogP contribution in [0.1, 0.15) is 12.6 Å². The number of carbonyl (C=O) groups excluding carboxylic acids is 1. The monoisotopic (exact) mass is 221 g/mol. The molecular formula is C10H11N3OS. The number of aromatic nitrogens is 2. The van der Waals surface area contributed by atoms with E-state index in [1.54, 1.807) is 11.3 Å². The fraction of sp³-hybridized carbons (Fsp3) is 0.200. The van der Waals surface area contributed by atoms with Crippen molar-refractivity contribution in [2.24, 2.45) is 0 Å². The van der Waals surface area contributed by atoms with Crippen LogP contribution >= 0.6 is 11.3 Å². The normalized spacial score (nSPS) is 10.3. The number of nitrogens with one attached hydrogen (secondary N) is 2. The smallest absolute Gasteiger partial charge is 0.221 e. The average molecular weight is 221 g/mol. The molecule has 2 aromatic rings. The Kier molecular flexibility index (Phi) is 2.55. The van der Waals surface area contributed by atoms with Gasteiger partial charge >= 0.3 is 0 Å². The van der Waals surface area contributed by atoms with Gasteiger partial charge in [-0.1, -0.05) is 6.07 Å². The van der Waals surface area contributed by atoms with Crippen LogP contribution in [0.25, 0.3) is 10.6 Å². The third-order valence-corrected chi connectivity index (χ3v) is 2.88. The fourth-order valence-electron chi connectivity index (χ4n) is 1.35. The standard InChI is InChI=1S/C10H11N3OS/c1-6-9(11-7(2)14)10(13-12-6)8-4-3-5-15-8/h3-5H,1-2H3,(H,11,14)(H,12,13). The summed E-state index contributed by atoms with van der Waals surface area (Å²) in [6.07, 6.45) is 0. The molecule has 0 saturated heterocycles. The maximum absolute atomic E-state index is 11.0. The molecule has 2 N–H and O–H groups in total. The molecule has 0 radical (unpaired) electrons. The van der Waals surface area contributed by atoms with Crippen molar-refractivity contribution >= 4 is 22.9 Å². The minimum atomic E-state index is -0.0858. The van der Waals surface area contributed by atoms with Crippen molar-refractivity contribution in [1.29, 1.82) is 0 Å². The van der Waals surface area contributed by atoms with E-state index in [1.807, 2.05) is 24.4 Å². The van der Waals surface area contributed by atoms with Gasteiger partial charge in [0.05, 0.1) is 16.3 Å². The Labute approximate surface area is 91.3 Å². The molecule has 2 heterocycles. The van der Waals surface area contributed by atoms with E-state index in [4.69, 9.17) is 0 Å². The van der Waals surface area contributed by atoms with Gasteiger partial charge in [0.15, 0.2) is 0 Å². The van der Waals surface area contributed by atoms with E-state index in [0.29, 0.717) is 0 Å². The summed E-state index contributed by atoms with van der Waals surface area (Å²) in [5.41, 5.74) is 2.44. The molecule has 5 heteroatoms. The zero-order valence-electron chi connectivity index (χ0n) is 8.50. The number of aryl methyl sites for hydroxylation is 1. The molecule has 2 aromatic heterocycles. The largest absolute Gasteiger partial charge is 0.323 e. The maximum atomic E-state index is 11.0. The highest BCUT2D eigenvalue weighted by Crippen LogP contribution is 2.31. The second kappa shape index (κ2) is 3.86. The number of aromatic amines is 1. The lowest BCUT2D eigenvalue weighted by Gasteiger charge is -2.01. The topological polar surface area (TPSA) is 57.8 Å². The first-order chi connectivity index (χ1) is 7.18. The molecule has 0 saturated carbocycles. The molecule has 0 aliphatic carbocycles. The molecule has 4 nitrogen and oxygen atoms in total. The predicted molar refractivity (Wildman–Crippen MR) is 60.9 cm³/mol. The number of amides is 1. The molecule has 2 rings (SSSR count). The van der Waals surface area contributed by atoms with E-state index in [9.17, 15) is 4.79 Å². The highest BCUT2D eigenvalue weighted by molar-refractivity contribution is 7.13. The first-order valence-corrected chi connectivity index (χ1v) is 5.43. The number of rotatable bonds is 2. The summed E-state index contributed by atoms with van der Waals surface area (Å²) < 4.78 is 0. The summed E-state index contributed by atoms with van der Waals surface area (Å²) in [6, 6.07) is 3.94. The van der Waals surface area contributed by atoms with Gasteiger partial charge in [-0.15, -0.1) is 11.3 Å². The highest BCUT2D eigenvalue weighted by atomic mass is 32.1. The van der Waals surface area contributed by atoms with E-state index in [0.717, 1.165) is 22.0 Å². The van der Waals surface area contributed by atoms with Gasteiger partial charge in [-0.25, -0.2) is 0 Å². The van der Waals surface area contributed by atoms with E-state index in [-0.39, 0.29) is 5.91 Å². The van der Waals surface area contributed by atoms with Crippen LogP contribution in [0.5, 0.6) is 0 Å². The van der Waals surface area contributed by atoms with Gasteiger partial charge in [0.2, 0.25) is 5.91 Å². The van der Waals surface area contributed by atoms with E-state index in [1.165, 1.54) is 6.92 Å². The van der Waals surface area contributed by atoms with Gasteiger partial charge in [-0.05, 0) is 18.4 Å². The van der Waals surface area contributed by atoms with Gasteiger partial charge in [0.25, 0.3) is 0 Å². The van der Waals surface area contributed by atoms with Crippen molar-refractivity contribution in [2.75, 3.05) is 5.32 Å². The van der Waals surface area contributed by atoms with Gasteiger partial charge in [-0.3, -0.25) is 9.89 Å². The lowest BCUT2D eigenvalue weighted by molar-refractivity contribution is -0.114. The highest BCUT2D eigenvalue weighted by Gasteiger charge is 2.13. The molecule has 0 aliphatic rings. The zero-order valence-corrected chi connectivity index (χ0v) is 9.31. The summed E-state index contributed by atoms with van der Waals surface area (Å²) in [5, 5.41) is 11.8. The van der Waals surface area contributed by atoms with Gasteiger partial charge in [0, 0.05) is 6.92 Å².